The van der Waals surface area contributed by atoms with Gasteiger partial charge in [-0.15, -0.1) is 0 Å². The molecule has 2 nitrogen and oxygen atoms in total. The summed E-state index contributed by atoms with van der Waals surface area (Å²) in [5.41, 5.74) is 7.37. The Balaban J connectivity index is 1.39. The fourth-order valence-corrected chi connectivity index (χ4v) is 5.95. The summed E-state index contributed by atoms with van der Waals surface area (Å²) in [5.74, 6) is 0.723. The smallest absolute Gasteiger partial charge is 0.160 e. The number of hydrogen-bond donors (Lipinski definition) is 0. The SMILES string of the molecule is Brc1c2ccccc2c(-c2ccc(-c3cc(-c4ccccc4)nc(-c4ccccc4)n3)cc2)c2ccccc12. The summed E-state index contributed by atoms with van der Waals surface area (Å²) in [6.45, 7) is 0. The van der Waals surface area contributed by atoms with E-state index in [0.717, 1.165) is 38.4 Å². The molecule has 0 saturated heterocycles. The predicted octanol–water partition coefficient (Wildman–Crippen LogP) is 10.2. The lowest BCUT2D eigenvalue weighted by Gasteiger charge is -2.15. The maximum atomic E-state index is 5.00. The molecule has 184 valence electrons. The summed E-state index contributed by atoms with van der Waals surface area (Å²) in [4.78, 5) is 9.92. The van der Waals surface area contributed by atoms with Crippen molar-refractivity contribution in [3.63, 3.8) is 0 Å². The van der Waals surface area contributed by atoms with Gasteiger partial charge in [-0.05, 0) is 54.7 Å². The van der Waals surface area contributed by atoms with Gasteiger partial charge in [0.2, 0.25) is 0 Å². The van der Waals surface area contributed by atoms with Crippen LogP contribution in [0.15, 0.2) is 144 Å². The third kappa shape index (κ3) is 4.31. The van der Waals surface area contributed by atoms with Crippen molar-refractivity contribution in [3.8, 4) is 45.0 Å². The highest BCUT2D eigenvalue weighted by Crippen LogP contribution is 2.42. The molecule has 3 heteroatoms. The van der Waals surface area contributed by atoms with Gasteiger partial charge in [0.15, 0.2) is 5.82 Å². The van der Waals surface area contributed by atoms with Crippen molar-refractivity contribution < 1.29 is 0 Å². The van der Waals surface area contributed by atoms with Gasteiger partial charge >= 0.3 is 0 Å². The fraction of sp³-hybridized carbons (Fsp3) is 0. The van der Waals surface area contributed by atoms with Crippen molar-refractivity contribution in [1.82, 2.24) is 9.97 Å². The molecule has 1 aromatic heterocycles. The van der Waals surface area contributed by atoms with Crippen LogP contribution in [0.3, 0.4) is 0 Å². The summed E-state index contributed by atoms with van der Waals surface area (Å²) in [5, 5.41) is 4.89. The molecular formula is C36H23BrN2. The summed E-state index contributed by atoms with van der Waals surface area (Å²) in [7, 11) is 0. The van der Waals surface area contributed by atoms with E-state index in [4.69, 9.17) is 9.97 Å². The van der Waals surface area contributed by atoms with Crippen LogP contribution < -0.4 is 0 Å². The number of halogens is 1. The van der Waals surface area contributed by atoms with Gasteiger partial charge in [-0.2, -0.15) is 0 Å². The van der Waals surface area contributed by atoms with E-state index >= 15 is 0 Å². The maximum Gasteiger partial charge on any atom is 0.160 e. The molecule has 0 spiro atoms. The first-order valence-electron chi connectivity index (χ1n) is 13.0. The maximum absolute atomic E-state index is 5.00. The van der Waals surface area contributed by atoms with Crippen LogP contribution in [0.25, 0.3) is 66.6 Å². The van der Waals surface area contributed by atoms with E-state index in [9.17, 15) is 0 Å². The fourth-order valence-electron chi connectivity index (χ4n) is 5.26. The van der Waals surface area contributed by atoms with E-state index in [2.05, 4.69) is 119 Å². The standard InChI is InChI=1S/C36H23BrN2/c37-35-30-17-9-7-15-28(30)34(29-16-8-10-18-31(29)35)26-21-19-25(20-22-26)33-23-32(24-11-3-1-4-12-24)38-36(39-33)27-13-5-2-6-14-27/h1-23H. The van der Waals surface area contributed by atoms with Gasteiger partial charge in [-0.3, -0.25) is 0 Å². The molecule has 1 heterocycles. The van der Waals surface area contributed by atoms with Crippen molar-refractivity contribution in [2.45, 2.75) is 0 Å². The van der Waals surface area contributed by atoms with E-state index in [1.807, 2.05) is 36.4 Å². The number of fused-ring (bicyclic) bond motifs is 2. The zero-order valence-electron chi connectivity index (χ0n) is 21.1. The summed E-state index contributed by atoms with van der Waals surface area (Å²) in [6, 6.07) is 48.5. The van der Waals surface area contributed by atoms with Crippen molar-refractivity contribution in [3.05, 3.63) is 144 Å². The van der Waals surface area contributed by atoms with Crippen LogP contribution in [0.4, 0.5) is 0 Å². The molecule has 0 radical (unpaired) electrons. The molecular weight excluding hydrogens is 540 g/mol. The molecule has 0 aliphatic heterocycles. The molecule has 0 fully saturated rings. The Bertz CT molecular complexity index is 1830. The quantitative estimate of drug-likeness (QED) is 0.199. The van der Waals surface area contributed by atoms with Crippen molar-refractivity contribution >= 4 is 37.5 Å². The van der Waals surface area contributed by atoms with E-state index in [0.29, 0.717) is 0 Å². The first kappa shape index (κ1) is 23.5. The Morgan fingerprint density at radius 2 is 0.795 bits per heavy atom. The first-order chi connectivity index (χ1) is 19.3. The predicted molar refractivity (Wildman–Crippen MR) is 166 cm³/mol. The Kier molecular flexibility index (Phi) is 5.99. The van der Waals surface area contributed by atoms with Gasteiger partial charge < -0.3 is 0 Å². The van der Waals surface area contributed by atoms with Gasteiger partial charge in [0.1, 0.15) is 0 Å². The molecule has 6 aromatic carbocycles. The second-order valence-electron chi connectivity index (χ2n) is 9.55. The molecule has 0 N–H and O–H groups in total. The van der Waals surface area contributed by atoms with E-state index in [1.165, 1.54) is 32.7 Å². The number of aromatic nitrogens is 2. The van der Waals surface area contributed by atoms with Crippen molar-refractivity contribution in [1.29, 1.82) is 0 Å². The highest BCUT2D eigenvalue weighted by Gasteiger charge is 2.15. The average molecular weight is 563 g/mol. The Morgan fingerprint density at radius 1 is 0.385 bits per heavy atom. The molecule has 0 aliphatic carbocycles. The zero-order chi connectivity index (χ0) is 26.2. The van der Waals surface area contributed by atoms with E-state index in [-0.39, 0.29) is 0 Å². The normalized spacial score (nSPS) is 11.2. The van der Waals surface area contributed by atoms with E-state index < -0.39 is 0 Å². The van der Waals surface area contributed by atoms with Crippen LogP contribution in [-0.2, 0) is 0 Å². The molecule has 0 saturated carbocycles. The zero-order valence-corrected chi connectivity index (χ0v) is 22.6. The average Bonchev–Trinajstić information content (AvgIpc) is 3.02. The Morgan fingerprint density at radius 3 is 1.33 bits per heavy atom. The highest BCUT2D eigenvalue weighted by molar-refractivity contribution is 9.10. The van der Waals surface area contributed by atoms with Crippen molar-refractivity contribution in [2.24, 2.45) is 0 Å². The second kappa shape index (κ2) is 9.94. The minimum atomic E-state index is 0.723. The molecule has 0 bridgehead atoms. The Hall–Kier alpha value is -4.60. The number of nitrogens with zero attached hydrogens (tertiary/aromatic N) is 2. The molecule has 0 unspecified atom stereocenters. The van der Waals surface area contributed by atoms with Crippen LogP contribution in [0.2, 0.25) is 0 Å². The third-order valence-corrected chi connectivity index (χ3v) is 8.02. The van der Waals surface area contributed by atoms with E-state index in [1.54, 1.807) is 0 Å². The van der Waals surface area contributed by atoms with Gasteiger partial charge in [0.25, 0.3) is 0 Å². The monoisotopic (exact) mass is 562 g/mol. The molecule has 39 heavy (non-hydrogen) atoms. The first-order valence-corrected chi connectivity index (χ1v) is 13.8. The summed E-state index contributed by atoms with van der Waals surface area (Å²) >= 11 is 3.87. The van der Waals surface area contributed by atoms with Gasteiger partial charge in [-0.1, -0.05) is 133 Å². The van der Waals surface area contributed by atoms with Gasteiger partial charge in [-0.25, -0.2) is 9.97 Å². The summed E-state index contributed by atoms with van der Waals surface area (Å²) in [6.07, 6.45) is 0. The number of benzene rings is 6. The molecule has 7 rings (SSSR count). The highest BCUT2D eigenvalue weighted by atomic mass is 79.9. The van der Waals surface area contributed by atoms with Crippen LogP contribution in [-0.4, -0.2) is 9.97 Å². The lowest BCUT2D eigenvalue weighted by atomic mass is 9.91. The minimum absolute atomic E-state index is 0.723. The van der Waals surface area contributed by atoms with Crippen LogP contribution in [0.1, 0.15) is 0 Å². The third-order valence-electron chi connectivity index (χ3n) is 7.16. The molecule has 0 atom stereocenters. The van der Waals surface area contributed by atoms with Crippen LogP contribution >= 0.6 is 15.9 Å². The lowest BCUT2D eigenvalue weighted by molar-refractivity contribution is 1.18. The van der Waals surface area contributed by atoms with Gasteiger partial charge in [0, 0.05) is 21.2 Å². The minimum Gasteiger partial charge on any atom is -0.228 e. The lowest BCUT2D eigenvalue weighted by Crippen LogP contribution is -1.96. The van der Waals surface area contributed by atoms with Crippen molar-refractivity contribution in [2.75, 3.05) is 0 Å². The second-order valence-corrected chi connectivity index (χ2v) is 10.3. The van der Waals surface area contributed by atoms with Gasteiger partial charge in [0.05, 0.1) is 11.4 Å². The van der Waals surface area contributed by atoms with Crippen LogP contribution in [0.5, 0.6) is 0 Å². The number of hydrogen-bond acceptors (Lipinski definition) is 2. The van der Waals surface area contributed by atoms with Crippen LogP contribution in [0, 0.1) is 0 Å². The summed E-state index contributed by atoms with van der Waals surface area (Å²) < 4.78 is 1.14. The Labute approximate surface area is 235 Å². The molecule has 0 amide bonds. The number of rotatable bonds is 4. The largest absolute Gasteiger partial charge is 0.228 e. The molecule has 0 aliphatic rings. The topological polar surface area (TPSA) is 25.8 Å². The molecule has 7 aromatic rings.